The summed E-state index contributed by atoms with van der Waals surface area (Å²) in [5, 5.41) is 8.68. The molecule has 0 aliphatic rings. The van der Waals surface area contributed by atoms with E-state index >= 15 is 0 Å². The predicted octanol–water partition coefficient (Wildman–Crippen LogP) is 1.47. The Balaban J connectivity index is 3.12. The van der Waals surface area contributed by atoms with E-state index in [1.807, 2.05) is 13.8 Å². The summed E-state index contributed by atoms with van der Waals surface area (Å²) in [6, 6.07) is 3.49. The highest BCUT2D eigenvalue weighted by molar-refractivity contribution is 5.98. The minimum absolute atomic E-state index is 0.338. The SMILES string of the molecule is COc1cc(C)c(C)cc1C(=O)N(C)CC(=O)O. The summed E-state index contributed by atoms with van der Waals surface area (Å²) in [6.45, 7) is 3.48. The van der Waals surface area contributed by atoms with E-state index in [2.05, 4.69) is 0 Å². The largest absolute Gasteiger partial charge is 0.496 e. The number of carbonyl (C=O) groups excluding carboxylic acids is 1. The average molecular weight is 251 g/mol. The monoisotopic (exact) mass is 251 g/mol. The van der Waals surface area contributed by atoms with Gasteiger partial charge < -0.3 is 14.7 Å². The van der Waals surface area contributed by atoms with Crippen LogP contribution in [0.2, 0.25) is 0 Å². The molecule has 1 N–H and O–H groups in total. The van der Waals surface area contributed by atoms with Gasteiger partial charge in [-0.3, -0.25) is 9.59 Å². The van der Waals surface area contributed by atoms with Crippen LogP contribution in [0.5, 0.6) is 5.75 Å². The Kier molecular flexibility index (Phi) is 4.31. The molecule has 0 heterocycles. The maximum atomic E-state index is 12.1. The summed E-state index contributed by atoms with van der Waals surface area (Å²) >= 11 is 0. The Hall–Kier alpha value is -2.04. The highest BCUT2D eigenvalue weighted by Gasteiger charge is 2.19. The number of ether oxygens (including phenoxy) is 1. The van der Waals surface area contributed by atoms with Gasteiger partial charge in [-0.1, -0.05) is 0 Å². The second-order valence-corrected chi connectivity index (χ2v) is 4.19. The number of benzene rings is 1. The first kappa shape index (κ1) is 14.0. The molecule has 1 aromatic carbocycles. The van der Waals surface area contributed by atoms with E-state index in [0.29, 0.717) is 11.3 Å². The predicted molar refractivity (Wildman–Crippen MR) is 67.1 cm³/mol. The molecule has 98 valence electrons. The molecule has 0 saturated heterocycles. The number of amides is 1. The van der Waals surface area contributed by atoms with Gasteiger partial charge in [0.15, 0.2) is 0 Å². The van der Waals surface area contributed by atoms with Crippen molar-refractivity contribution in [2.45, 2.75) is 13.8 Å². The van der Waals surface area contributed by atoms with Crippen molar-refractivity contribution in [1.29, 1.82) is 0 Å². The lowest BCUT2D eigenvalue weighted by molar-refractivity contribution is -0.137. The van der Waals surface area contributed by atoms with Crippen molar-refractivity contribution in [3.63, 3.8) is 0 Å². The summed E-state index contributed by atoms with van der Waals surface area (Å²) in [7, 11) is 2.93. The molecule has 0 unspecified atom stereocenters. The summed E-state index contributed by atoms with van der Waals surface area (Å²) in [4.78, 5) is 23.8. The standard InChI is InChI=1S/C13H17NO4/c1-8-5-10(11(18-4)6-9(8)2)13(17)14(3)7-12(15)16/h5-6H,7H2,1-4H3,(H,15,16). The lowest BCUT2D eigenvalue weighted by Gasteiger charge is -2.17. The number of likely N-dealkylation sites (N-methyl/N-ethyl adjacent to an activating group) is 1. The summed E-state index contributed by atoms with van der Waals surface area (Å²) < 4.78 is 5.16. The van der Waals surface area contributed by atoms with Crippen LogP contribution >= 0.6 is 0 Å². The summed E-state index contributed by atoms with van der Waals surface area (Å²) in [5.74, 6) is -0.952. The lowest BCUT2D eigenvalue weighted by atomic mass is 10.0. The van der Waals surface area contributed by atoms with Gasteiger partial charge in [0, 0.05) is 7.05 Å². The first-order chi connectivity index (χ1) is 8.36. The molecule has 0 bridgehead atoms. The third-order valence-electron chi connectivity index (χ3n) is 2.77. The van der Waals surface area contributed by atoms with Gasteiger partial charge in [0.2, 0.25) is 0 Å². The zero-order valence-corrected chi connectivity index (χ0v) is 11.0. The Labute approximate surface area is 106 Å². The van der Waals surface area contributed by atoms with Gasteiger partial charge in [-0.15, -0.1) is 0 Å². The Morgan fingerprint density at radius 1 is 1.28 bits per heavy atom. The Morgan fingerprint density at radius 3 is 2.33 bits per heavy atom. The zero-order chi connectivity index (χ0) is 13.9. The van der Waals surface area contributed by atoms with Crippen LogP contribution in [0.4, 0.5) is 0 Å². The van der Waals surface area contributed by atoms with Crippen LogP contribution in [0.3, 0.4) is 0 Å². The number of carboxylic acid groups (broad SMARTS) is 1. The van der Waals surface area contributed by atoms with E-state index in [1.54, 1.807) is 12.1 Å². The number of hydrogen-bond donors (Lipinski definition) is 1. The number of carbonyl (C=O) groups is 2. The topological polar surface area (TPSA) is 66.8 Å². The molecule has 0 fully saturated rings. The number of carboxylic acids is 1. The number of aryl methyl sites for hydroxylation is 2. The molecule has 1 aromatic rings. The third-order valence-corrected chi connectivity index (χ3v) is 2.77. The van der Waals surface area contributed by atoms with Crippen molar-refractivity contribution in [2.75, 3.05) is 20.7 Å². The molecule has 0 radical (unpaired) electrons. The van der Waals surface area contributed by atoms with Gasteiger partial charge in [-0.25, -0.2) is 0 Å². The van der Waals surface area contributed by atoms with Crippen LogP contribution in [0.25, 0.3) is 0 Å². The average Bonchev–Trinajstić information content (AvgIpc) is 2.30. The van der Waals surface area contributed by atoms with Crippen LogP contribution in [-0.2, 0) is 4.79 Å². The van der Waals surface area contributed by atoms with Crippen molar-refractivity contribution in [1.82, 2.24) is 4.90 Å². The van der Waals surface area contributed by atoms with E-state index in [9.17, 15) is 9.59 Å². The highest BCUT2D eigenvalue weighted by Crippen LogP contribution is 2.24. The molecule has 1 amide bonds. The molecule has 0 spiro atoms. The number of hydrogen-bond acceptors (Lipinski definition) is 3. The molecule has 5 heteroatoms. The fraction of sp³-hybridized carbons (Fsp3) is 0.385. The highest BCUT2D eigenvalue weighted by atomic mass is 16.5. The van der Waals surface area contributed by atoms with Gasteiger partial charge in [0.25, 0.3) is 5.91 Å². The van der Waals surface area contributed by atoms with Gasteiger partial charge in [0.05, 0.1) is 12.7 Å². The second-order valence-electron chi connectivity index (χ2n) is 4.19. The van der Waals surface area contributed by atoms with Crippen LogP contribution in [0, 0.1) is 13.8 Å². The van der Waals surface area contributed by atoms with Crippen molar-refractivity contribution in [2.24, 2.45) is 0 Å². The quantitative estimate of drug-likeness (QED) is 0.880. The first-order valence-corrected chi connectivity index (χ1v) is 5.49. The van der Waals surface area contributed by atoms with Crippen molar-refractivity contribution >= 4 is 11.9 Å². The van der Waals surface area contributed by atoms with E-state index in [-0.39, 0.29) is 12.5 Å². The van der Waals surface area contributed by atoms with Crippen molar-refractivity contribution in [3.05, 3.63) is 28.8 Å². The molecule has 0 atom stereocenters. The van der Waals surface area contributed by atoms with Gasteiger partial charge in [0.1, 0.15) is 12.3 Å². The number of aliphatic carboxylic acids is 1. The summed E-state index contributed by atoms with van der Waals surface area (Å²) in [6.07, 6.45) is 0. The van der Waals surface area contributed by atoms with Gasteiger partial charge in [-0.2, -0.15) is 0 Å². The van der Waals surface area contributed by atoms with Gasteiger partial charge >= 0.3 is 5.97 Å². The van der Waals surface area contributed by atoms with Crippen LogP contribution in [-0.4, -0.2) is 42.6 Å². The van der Waals surface area contributed by atoms with E-state index in [1.165, 1.54) is 14.2 Å². The minimum Gasteiger partial charge on any atom is -0.496 e. The Morgan fingerprint density at radius 2 is 1.83 bits per heavy atom. The second kappa shape index (κ2) is 5.53. The maximum Gasteiger partial charge on any atom is 0.323 e. The van der Waals surface area contributed by atoms with E-state index in [0.717, 1.165) is 16.0 Å². The number of nitrogens with zero attached hydrogens (tertiary/aromatic N) is 1. The fourth-order valence-electron chi connectivity index (χ4n) is 1.61. The van der Waals surface area contributed by atoms with E-state index < -0.39 is 5.97 Å². The Bertz CT molecular complexity index is 482. The van der Waals surface area contributed by atoms with E-state index in [4.69, 9.17) is 9.84 Å². The lowest BCUT2D eigenvalue weighted by Crippen LogP contribution is -2.32. The molecule has 0 saturated carbocycles. The maximum absolute atomic E-state index is 12.1. The molecule has 1 rings (SSSR count). The number of methoxy groups -OCH3 is 1. The zero-order valence-electron chi connectivity index (χ0n) is 11.0. The molecule has 18 heavy (non-hydrogen) atoms. The molecule has 5 nitrogen and oxygen atoms in total. The molecule has 0 aliphatic heterocycles. The van der Waals surface area contributed by atoms with Gasteiger partial charge in [-0.05, 0) is 37.1 Å². The molecular weight excluding hydrogens is 234 g/mol. The first-order valence-electron chi connectivity index (χ1n) is 5.49. The fourth-order valence-corrected chi connectivity index (χ4v) is 1.61. The smallest absolute Gasteiger partial charge is 0.323 e. The van der Waals surface area contributed by atoms with Crippen LogP contribution < -0.4 is 4.74 Å². The molecule has 0 aliphatic carbocycles. The number of rotatable bonds is 4. The minimum atomic E-state index is -1.05. The van der Waals surface area contributed by atoms with Crippen molar-refractivity contribution < 1.29 is 19.4 Å². The summed E-state index contributed by atoms with van der Waals surface area (Å²) in [5.41, 5.74) is 2.36. The van der Waals surface area contributed by atoms with Crippen molar-refractivity contribution in [3.8, 4) is 5.75 Å². The third kappa shape index (κ3) is 3.00. The van der Waals surface area contributed by atoms with Crippen LogP contribution in [0.1, 0.15) is 21.5 Å². The molecular formula is C13H17NO4. The van der Waals surface area contributed by atoms with Crippen LogP contribution in [0.15, 0.2) is 12.1 Å². The normalized spacial score (nSPS) is 10.0. The molecule has 0 aromatic heterocycles.